The molecule has 2 fully saturated rings. The van der Waals surface area contributed by atoms with Crippen molar-refractivity contribution in [1.29, 1.82) is 0 Å². The molecule has 7 heteroatoms. The minimum Gasteiger partial charge on any atom is -0.391 e. The van der Waals surface area contributed by atoms with Gasteiger partial charge in [0.1, 0.15) is 5.69 Å². The average Bonchev–Trinajstić information content (AvgIpc) is 3.61. The summed E-state index contributed by atoms with van der Waals surface area (Å²) in [5, 5.41) is 10.8. The molecule has 1 amide bonds. The monoisotopic (exact) mass is 554 g/mol. The van der Waals surface area contributed by atoms with Crippen LogP contribution in [0.4, 0.5) is 0 Å². The summed E-state index contributed by atoms with van der Waals surface area (Å²) in [7, 11) is 0. The Balaban J connectivity index is 1.25. The number of imidazole rings is 1. The number of β-amino-alcohol motifs (C(OH)–C–C–N with tert-alkyl or cyclic N) is 1. The van der Waals surface area contributed by atoms with Crippen molar-refractivity contribution >= 4 is 17.5 Å². The van der Waals surface area contributed by atoms with E-state index in [1.54, 1.807) is 11.2 Å². The molecule has 2 saturated heterocycles. The highest BCUT2D eigenvalue weighted by molar-refractivity contribution is 6.30. The number of halogens is 1. The molecule has 3 heterocycles. The smallest absolute Gasteiger partial charge is 0.272 e. The maximum Gasteiger partial charge on any atom is 0.272 e. The van der Waals surface area contributed by atoms with Gasteiger partial charge in [0.25, 0.3) is 5.91 Å². The van der Waals surface area contributed by atoms with E-state index in [0.29, 0.717) is 43.3 Å². The summed E-state index contributed by atoms with van der Waals surface area (Å²) in [5.41, 5.74) is 5.15. The largest absolute Gasteiger partial charge is 0.391 e. The Hall–Kier alpha value is -3.45. The van der Waals surface area contributed by atoms with Crippen LogP contribution in [0.25, 0.3) is 0 Å². The molecule has 1 unspecified atom stereocenters. The minimum atomic E-state index is -0.466. The van der Waals surface area contributed by atoms with Gasteiger partial charge in [0, 0.05) is 36.6 Å². The molecule has 0 saturated carbocycles. The molecule has 1 N–H and O–H groups in total. The van der Waals surface area contributed by atoms with E-state index < -0.39 is 6.10 Å². The van der Waals surface area contributed by atoms with Gasteiger partial charge in [-0.25, -0.2) is 4.98 Å². The van der Waals surface area contributed by atoms with Crippen LogP contribution in [0.15, 0.2) is 91.3 Å². The standard InChI is InChI=1S/C33H35ClN4O2/c34-28-13-11-25(12-14-28)21-38-24-35-30(31(38)32(40)37-18-15-29(39)22-37)23-36-19-16-33(17-20-36,26-7-3-1-4-8-26)27-9-5-2-6-10-27/h1-14,24,29,39H,15-23H2. The van der Waals surface area contributed by atoms with Crippen molar-refractivity contribution in [1.82, 2.24) is 19.4 Å². The van der Waals surface area contributed by atoms with Crippen LogP contribution >= 0.6 is 11.6 Å². The van der Waals surface area contributed by atoms with Crippen LogP contribution in [0, 0.1) is 0 Å². The van der Waals surface area contributed by atoms with Gasteiger partial charge < -0.3 is 14.6 Å². The van der Waals surface area contributed by atoms with Gasteiger partial charge in [0.15, 0.2) is 0 Å². The van der Waals surface area contributed by atoms with Crippen molar-refractivity contribution in [3.63, 3.8) is 0 Å². The van der Waals surface area contributed by atoms with E-state index in [4.69, 9.17) is 16.6 Å². The van der Waals surface area contributed by atoms with Crippen LogP contribution in [0.5, 0.6) is 0 Å². The summed E-state index contributed by atoms with van der Waals surface area (Å²) < 4.78 is 1.95. The summed E-state index contributed by atoms with van der Waals surface area (Å²) >= 11 is 6.10. The third kappa shape index (κ3) is 5.44. The van der Waals surface area contributed by atoms with E-state index in [2.05, 4.69) is 65.6 Å². The van der Waals surface area contributed by atoms with Gasteiger partial charge in [-0.2, -0.15) is 0 Å². The molecule has 0 aliphatic carbocycles. The van der Waals surface area contributed by atoms with E-state index in [9.17, 15) is 9.90 Å². The van der Waals surface area contributed by atoms with E-state index >= 15 is 0 Å². The first kappa shape index (κ1) is 26.8. The Morgan fingerprint density at radius 1 is 0.875 bits per heavy atom. The third-order valence-electron chi connectivity index (χ3n) is 8.57. The SMILES string of the molecule is O=C(c1c(CN2CCC(c3ccccc3)(c3ccccc3)CC2)ncn1Cc1ccc(Cl)cc1)N1CCC(O)C1. The molecule has 0 bridgehead atoms. The predicted octanol–water partition coefficient (Wildman–Crippen LogP) is 5.37. The Kier molecular flexibility index (Phi) is 7.74. The molecule has 6 rings (SSSR count). The van der Waals surface area contributed by atoms with Crippen LogP contribution in [-0.4, -0.2) is 62.6 Å². The number of aliphatic hydroxyl groups excluding tert-OH is 1. The molecule has 40 heavy (non-hydrogen) atoms. The van der Waals surface area contributed by atoms with Gasteiger partial charge in [0.2, 0.25) is 0 Å². The zero-order valence-corrected chi connectivity index (χ0v) is 23.4. The first-order valence-corrected chi connectivity index (χ1v) is 14.5. The number of nitrogens with zero attached hydrogens (tertiary/aromatic N) is 4. The Morgan fingerprint density at radius 2 is 1.50 bits per heavy atom. The van der Waals surface area contributed by atoms with Gasteiger partial charge in [-0.1, -0.05) is 84.4 Å². The van der Waals surface area contributed by atoms with Crippen LogP contribution in [0.3, 0.4) is 0 Å². The number of amides is 1. The van der Waals surface area contributed by atoms with E-state index in [0.717, 1.165) is 37.2 Å². The molecule has 3 aromatic carbocycles. The maximum atomic E-state index is 13.8. The normalized spacial score (nSPS) is 19.1. The number of carbonyl (C=O) groups is 1. The highest BCUT2D eigenvalue weighted by atomic mass is 35.5. The van der Waals surface area contributed by atoms with E-state index in [1.165, 1.54) is 11.1 Å². The average molecular weight is 555 g/mol. The highest BCUT2D eigenvalue weighted by Gasteiger charge is 2.38. The number of aromatic nitrogens is 2. The topological polar surface area (TPSA) is 61.6 Å². The number of rotatable bonds is 7. The number of likely N-dealkylation sites (tertiary alicyclic amines) is 2. The fourth-order valence-corrected chi connectivity index (χ4v) is 6.46. The first-order valence-electron chi connectivity index (χ1n) is 14.1. The predicted molar refractivity (Wildman–Crippen MR) is 157 cm³/mol. The number of hydrogen-bond donors (Lipinski definition) is 1. The molecule has 1 aromatic heterocycles. The number of hydrogen-bond acceptors (Lipinski definition) is 4. The lowest BCUT2D eigenvalue weighted by Gasteiger charge is -2.43. The minimum absolute atomic E-state index is 0.0305. The lowest BCUT2D eigenvalue weighted by Crippen LogP contribution is -2.43. The van der Waals surface area contributed by atoms with Crippen molar-refractivity contribution in [2.24, 2.45) is 0 Å². The number of aliphatic hydroxyl groups is 1. The Morgan fingerprint density at radius 3 is 2.08 bits per heavy atom. The number of carbonyl (C=O) groups excluding carboxylic acids is 1. The van der Waals surface area contributed by atoms with Crippen LogP contribution < -0.4 is 0 Å². The number of piperidine rings is 1. The molecule has 2 aliphatic rings. The maximum absolute atomic E-state index is 13.8. The van der Waals surface area contributed by atoms with Crippen LogP contribution in [-0.2, 0) is 18.5 Å². The van der Waals surface area contributed by atoms with Gasteiger partial charge in [-0.3, -0.25) is 9.69 Å². The Bertz CT molecular complexity index is 1390. The number of benzene rings is 3. The van der Waals surface area contributed by atoms with Crippen LogP contribution in [0.1, 0.15) is 52.1 Å². The van der Waals surface area contributed by atoms with Gasteiger partial charge in [-0.15, -0.1) is 0 Å². The first-order chi connectivity index (χ1) is 19.5. The zero-order valence-electron chi connectivity index (χ0n) is 22.6. The fraction of sp³-hybridized carbons (Fsp3) is 0.333. The molecule has 0 spiro atoms. The van der Waals surface area contributed by atoms with Gasteiger partial charge in [-0.05, 0) is 61.2 Å². The summed E-state index contributed by atoms with van der Waals surface area (Å²) in [5.74, 6) is -0.0575. The summed E-state index contributed by atoms with van der Waals surface area (Å²) in [6, 6.07) is 29.4. The molecular weight excluding hydrogens is 520 g/mol. The van der Waals surface area contributed by atoms with Crippen molar-refractivity contribution < 1.29 is 9.90 Å². The van der Waals surface area contributed by atoms with Crippen molar-refractivity contribution in [3.05, 3.63) is 124 Å². The highest BCUT2D eigenvalue weighted by Crippen LogP contribution is 2.42. The van der Waals surface area contributed by atoms with E-state index in [1.807, 2.05) is 28.8 Å². The third-order valence-corrected chi connectivity index (χ3v) is 8.82. The Labute approximate surface area is 240 Å². The van der Waals surface area contributed by atoms with Gasteiger partial charge in [0.05, 0.1) is 18.1 Å². The molecule has 2 aliphatic heterocycles. The van der Waals surface area contributed by atoms with Crippen LogP contribution in [0.2, 0.25) is 5.02 Å². The second-order valence-corrected chi connectivity index (χ2v) is 11.5. The van der Waals surface area contributed by atoms with Crippen molar-refractivity contribution in [2.45, 2.75) is 43.9 Å². The second-order valence-electron chi connectivity index (χ2n) is 11.1. The molecule has 206 valence electrons. The summed E-state index contributed by atoms with van der Waals surface area (Å²) in [6.45, 7) is 3.89. The summed E-state index contributed by atoms with van der Waals surface area (Å²) in [6.07, 6.45) is 3.92. The van der Waals surface area contributed by atoms with Crippen molar-refractivity contribution in [2.75, 3.05) is 26.2 Å². The quantitative estimate of drug-likeness (QED) is 0.333. The molecule has 6 nitrogen and oxygen atoms in total. The second kappa shape index (κ2) is 11.6. The zero-order chi connectivity index (χ0) is 27.5. The van der Waals surface area contributed by atoms with E-state index in [-0.39, 0.29) is 11.3 Å². The molecule has 4 aromatic rings. The van der Waals surface area contributed by atoms with Gasteiger partial charge >= 0.3 is 0 Å². The summed E-state index contributed by atoms with van der Waals surface area (Å²) in [4.78, 5) is 22.7. The fourth-order valence-electron chi connectivity index (χ4n) is 6.33. The molecule has 1 atom stereocenters. The van der Waals surface area contributed by atoms with Crippen molar-refractivity contribution in [3.8, 4) is 0 Å². The lowest BCUT2D eigenvalue weighted by atomic mass is 9.68. The molecular formula is C33H35ClN4O2. The molecule has 0 radical (unpaired) electrons. The lowest BCUT2D eigenvalue weighted by molar-refractivity contribution is 0.0751.